The number of unbranched alkanes of at least 4 members (excludes halogenated alkanes) is 11. The minimum absolute atomic E-state index is 0.921. The van der Waals surface area contributed by atoms with Gasteiger partial charge in [0.1, 0.15) is 0 Å². The molecule has 0 aliphatic heterocycles. The Morgan fingerprint density at radius 3 is 1.54 bits per heavy atom. The first-order chi connectivity index (χ1) is 13.5. The fraction of sp³-hybridized carbons (Fsp3) is 0.640. The van der Waals surface area contributed by atoms with Gasteiger partial charge in [-0.05, 0) is 34.0 Å². The maximum absolute atomic E-state index is 10.2. The summed E-state index contributed by atoms with van der Waals surface area (Å²) in [5.74, 6) is -0.921. The normalized spacial score (nSPS) is 11.9. The maximum atomic E-state index is 10.2. The molecule has 0 heterocycles. The maximum Gasteiger partial charge on any atom is 0.328 e. The summed E-state index contributed by atoms with van der Waals surface area (Å²) in [6.45, 7) is 2.27. The standard InChI is InChI=1S/C22H36O2.C3H9N/c1-2-3-4-5-6-7-8-9-10-11-12-13-14-15-16-17-18-19-20-21-22(23)24;1-4(2)3/h14-21H,2-13H2,1H3,(H,23,24);1-3H3. The average molecular weight is 392 g/mol. The fourth-order valence-corrected chi connectivity index (χ4v) is 2.50. The topological polar surface area (TPSA) is 40.5 Å². The summed E-state index contributed by atoms with van der Waals surface area (Å²) in [6, 6.07) is 0. The average Bonchev–Trinajstić information content (AvgIpc) is 2.63. The summed E-state index contributed by atoms with van der Waals surface area (Å²) in [6.07, 6.45) is 30.7. The molecule has 0 saturated heterocycles. The lowest BCUT2D eigenvalue weighted by Crippen LogP contribution is -1.99. The molecule has 0 radical (unpaired) electrons. The smallest absolute Gasteiger partial charge is 0.328 e. The number of rotatable bonds is 16. The Balaban J connectivity index is 0. The molecule has 0 aromatic heterocycles. The van der Waals surface area contributed by atoms with Crippen LogP contribution in [0.25, 0.3) is 0 Å². The predicted molar refractivity (Wildman–Crippen MR) is 125 cm³/mol. The molecule has 162 valence electrons. The summed E-state index contributed by atoms with van der Waals surface area (Å²) in [5, 5.41) is 8.41. The van der Waals surface area contributed by atoms with Crippen molar-refractivity contribution in [3.05, 3.63) is 48.6 Å². The molecule has 1 N–H and O–H groups in total. The number of allylic oxidation sites excluding steroid dienone is 7. The predicted octanol–water partition coefficient (Wildman–Crippen LogP) is 7.17. The second-order valence-electron chi connectivity index (χ2n) is 7.56. The van der Waals surface area contributed by atoms with E-state index >= 15 is 0 Å². The first kappa shape index (κ1) is 28.6. The van der Waals surface area contributed by atoms with E-state index in [0.717, 1.165) is 12.5 Å². The van der Waals surface area contributed by atoms with Crippen LogP contribution >= 0.6 is 0 Å². The van der Waals surface area contributed by atoms with E-state index in [9.17, 15) is 4.79 Å². The third-order valence-electron chi connectivity index (χ3n) is 3.90. The quantitative estimate of drug-likeness (QED) is 0.172. The molecule has 0 bridgehead atoms. The van der Waals surface area contributed by atoms with Crippen LogP contribution in [0.4, 0.5) is 0 Å². The van der Waals surface area contributed by atoms with E-state index in [4.69, 9.17) is 5.11 Å². The third-order valence-corrected chi connectivity index (χ3v) is 3.90. The van der Waals surface area contributed by atoms with Crippen LogP contribution in [-0.4, -0.2) is 37.1 Å². The summed E-state index contributed by atoms with van der Waals surface area (Å²) in [4.78, 5) is 12.2. The van der Waals surface area contributed by atoms with Crippen molar-refractivity contribution >= 4 is 5.97 Å². The lowest BCUT2D eigenvalue weighted by Gasteiger charge is -2.01. The van der Waals surface area contributed by atoms with Gasteiger partial charge in [0.05, 0.1) is 0 Å². The van der Waals surface area contributed by atoms with Gasteiger partial charge in [-0.2, -0.15) is 0 Å². The highest BCUT2D eigenvalue weighted by Crippen LogP contribution is 2.11. The molecule has 3 nitrogen and oxygen atoms in total. The molecule has 0 amide bonds. The number of carboxylic acids is 1. The van der Waals surface area contributed by atoms with Gasteiger partial charge in [-0.3, -0.25) is 0 Å². The first-order valence-corrected chi connectivity index (χ1v) is 11.0. The zero-order valence-electron chi connectivity index (χ0n) is 18.9. The SMILES string of the molecule is CCCCCCCCCCCCCC=CC=CC=CC=CC(=O)O.CN(C)C. The summed E-state index contributed by atoms with van der Waals surface area (Å²) in [7, 11) is 6.00. The van der Waals surface area contributed by atoms with Gasteiger partial charge in [0.2, 0.25) is 0 Å². The fourth-order valence-electron chi connectivity index (χ4n) is 2.50. The number of hydrogen-bond acceptors (Lipinski definition) is 2. The molecular formula is C25H45NO2. The van der Waals surface area contributed by atoms with E-state index in [-0.39, 0.29) is 0 Å². The molecule has 0 aliphatic carbocycles. The monoisotopic (exact) mass is 391 g/mol. The number of carboxylic acid groups (broad SMARTS) is 1. The van der Waals surface area contributed by atoms with E-state index in [0.29, 0.717) is 0 Å². The number of hydrogen-bond donors (Lipinski definition) is 1. The van der Waals surface area contributed by atoms with E-state index < -0.39 is 5.97 Å². The number of aliphatic carboxylic acids is 1. The molecule has 0 fully saturated rings. The highest BCUT2D eigenvalue weighted by Gasteiger charge is 1.92. The Kier molecular flexibility index (Phi) is 25.9. The minimum Gasteiger partial charge on any atom is -0.478 e. The van der Waals surface area contributed by atoms with Crippen molar-refractivity contribution in [3.8, 4) is 0 Å². The van der Waals surface area contributed by atoms with Crippen LogP contribution in [0.1, 0.15) is 84.0 Å². The number of nitrogens with zero attached hydrogens (tertiary/aromatic N) is 1. The lowest BCUT2D eigenvalue weighted by molar-refractivity contribution is -0.131. The lowest BCUT2D eigenvalue weighted by atomic mass is 10.1. The van der Waals surface area contributed by atoms with Crippen LogP contribution < -0.4 is 0 Å². The molecule has 3 heteroatoms. The van der Waals surface area contributed by atoms with Crippen LogP contribution in [0.15, 0.2) is 48.6 Å². The molecule has 0 aromatic rings. The molecule has 28 heavy (non-hydrogen) atoms. The van der Waals surface area contributed by atoms with Gasteiger partial charge >= 0.3 is 5.97 Å². The Morgan fingerprint density at radius 2 is 1.07 bits per heavy atom. The van der Waals surface area contributed by atoms with Gasteiger partial charge in [-0.1, -0.05) is 114 Å². The first-order valence-electron chi connectivity index (χ1n) is 11.0. The molecule has 0 saturated carbocycles. The Hall–Kier alpha value is -1.61. The van der Waals surface area contributed by atoms with E-state index in [1.165, 1.54) is 76.7 Å². The Morgan fingerprint density at radius 1 is 0.679 bits per heavy atom. The molecular weight excluding hydrogens is 346 g/mol. The third kappa shape index (κ3) is 35.5. The molecule has 0 rings (SSSR count). The van der Waals surface area contributed by atoms with Crippen LogP contribution in [0, 0.1) is 0 Å². The van der Waals surface area contributed by atoms with Crippen molar-refractivity contribution < 1.29 is 9.90 Å². The number of carbonyl (C=O) groups is 1. The van der Waals surface area contributed by atoms with Gasteiger partial charge in [0.15, 0.2) is 0 Å². The summed E-state index contributed by atoms with van der Waals surface area (Å²) in [5.41, 5.74) is 0. The van der Waals surface area contributed by atoms with E-state index in [1.807, 2.05) is 44.3 Å². The molecule has 0 unspecified atom stereocenters. The summed E-state index contributed by atoms with van der Waals surface area (Å²) < 4.78 is 0. The van der Waals surface area contributed by atoms with E-state index in [1.54, 1.807) is 6.08 Å². The van der Waals surface area contributed by atoms with Gasteiger partial charge < -0.3 is 10.0 Å². The van der Waals surface area contributed by atoms with Crippen molar-refractivity contribution in [3.63, 3.8) is 0 Å². The largest absolute Gasteiger partial charge is 0.478 e. The van der Waals surface area contributed by atoms with Crippen molar-refractivity contribution in [1.82, 2.24) is 4.90 Å². The second kappa shape index (κ2) is 25.4. The summed E-state index contributed by atoms with van der Waals surface area (Å²) >= 11 is 0. The van der Waals surface area contributed by atoms with Crippen LogP contribution in [0.3, 0.4) is 0 Å². The zero-order chi connectivity index (χ0) is 21.3. The highest BCUT2D eigenvalue weighted by atomic mass is 16.4. The Labute approximate surface area is 174 Å². The Bertz CT molecular complexity index is 431. The van der Waals surface area contributed by atoms with Gasteiger partial charge in [-0.15, -0.1) is 0 Å². The molecule has 0 atom stereocenters. The van der Waals surface area contributed by atoms with Crippen LogP contribution in [-0.2, 0) is 4.79 Å². The molecule has 0 aliphatic rings. The van der Waals surface area contributed by atoms with Crippen LogP contribution in [0.5, 0.6) is 0 Å². The molecule has 0 aromatic carbocycles. The van der Waals surface area contributed by atoms with E-state index in [2.05, 4.69) is 19.1 Å². The van der Waals surface area contributed by atoms with Crippen molar-refractivity contribution in [1.29, 1.82) is 0 Å². The van der Waals surface area contributed by atoms with Gasteiger partial charge in [-0.25, -0.2) is 4.79 Å². The van der Waals surface area contributed by atoms with Crippen molar-refractivity contribution in [2.24, 2.45) is 0 Å². The zero-order valence-corrected chi connectivity index (χ0v) is 18.9. The van der Waals surface area contributed by atoms with Crippen LogP contribution in [0.2, 0.25) is 0 Å². The van der Waals surface area contributed by atoms with Gasteiger partial charge in [0.25, 0.3) is 0 Å². The van der Waals surface area contributed by atoms with Crippen molar-refractivity contribution in [2.75, 3.05) is 21.1 Å². The highest BCUT2D eigenvalue weighted by molar-refractivity contribution is 5.80. The second-order valence-corrected chi connectivity index (χ2v) is 7.56. The van der Waals surface area contributed by atoms with Gasteiger partial charge in [0, 0.05) is 6.08 Å². The molecule has 0 spiro atoms. The van der Waals surface area contributed by atoms with Crippen molar-refractivity contribution in [2.45, 2.75) is 84.0 Å². The minimum atomic E-state index is -0.921.